The zero-order valence-electron chi connectivity index (χ0n) is 9.51. The number of carbonyl (C=O) groups is 1. The summed E-state index contributed by atoms with van der Waals surface area (Å²) in [4.78, 5) is 19.6. The standard InChI is InChI=1S/C12H10ClN3O2/c1-6-2-8(13)3-9(10(6)17)11(18)7-4-15-12(14)16-5-7/h2-5,17H,1H3,(H2,14,15,16). The van der Waals surface area contributed by atoms with Gasteiger partial charge in [-0.25, -0.2) is 9.97 Å². The number of phenols is 1. The van der Waals surface area contributed by atoms with Crippen LogP contribution in [0.5, 0.6) is 5.75 Å². The minimum absolute atomic E-state index is 0.0815. The zero-order valence-corrected chi connectivity index (χ0v) is 10.3. The molecular weight excluding hydrogens is 254 g/mol. The number of ketones is 1. The number of hydrogen-bond acceptors (Lipinski definition) is 5. The van der Waals surface area contributed by atoms with Crippen LogP contribution in [-0.2, 0) is 0 Å². The van der Waals surface area contributed by atoms with Crippen molar-refractivity contribution < 1.29 is 9.90 Å². The van der Waals surface area contributed by atoms with Gasteiger partial charge in [-0.15, -0.1) is 0 Å². The van der Waals surface area contributed by atoms with Gasteiger partial charge in [0.05, 0.1) is 11.1 Å². The maximum atomic E-state index is 12.1. The molecule has 18 heavy (non-hydrogen) atoms. The maximum Gasteiger partial charge on any atom is 0.219 e. The molecule has 1 aromatic carbocycles. The monoisotopic (exact) mass is 263 g/mol. The second kappa shape index (κ2) is 4.62. The lowest BCUT2D eigenvalue weighted by Crippen LogP contribution is -2.05. The molecule has 3 N–H and O–H groups in total. The highest BCUT2D eigenvalue weighted by Gasteiger charge is 2.16. The van der Waals surface area contributed by atoms with Crippen molar-refractivity contribution in [2.24, 2.45) is 0 Å². The minimum Gasteiger partial charge on any atom is -0.507 e. The largest absolute Gasteiger partial charge is 0.507 e. The average Bonchev–Trinajstić information content (AvgIpc) is 2.34. The van der Waals surface area contributed by atoms with Gasteiger partial charge in [0.1, 0.15) is 5.75 Å². The van der Waals surface area contributed by atoms with Crippen molar-refractivity contribution in [3.63, 3.8) is 0 Å². The van der Waals surface area contributed by atoms with Crippen LogP contribution in [0.15, 0.2) is 24.5 Å². The molecule has 0 aliphatic carbocycles. The Balaban J connectivity index is 2.49. The fourth-order valence-electron chi connectivity index (χ4n) is 1.52. The third-order valence-corrected chi connectivity index (χ3v) is 2.66. The van der Waals surface area contributed by atoms with E-state index < -0.39 is 5.78 Å². The Labute approximate surface area is 108 Å². The Morgan fingerprint density at radius 1 is 1.33 bits per heavy atom. The summed E-state index contributed by atoms with van der Waals surface area (Å²) in [5.41, 5.74) is 6.23. The van der Waals surface area contributed by atoms with Crippen molar-refractivity contribution in [2.75, 3.05) is 5.73 Å². The topological polar surface area (TPSA) is 89.1 Å². The minimum atomic E-state index is -0.405. The van der Waals surface area contributed by atoms with Crippen LogP contribution in [-0.4, -0.2) is 20.9 Å². The lowest BCUT2D eigenvalue weighted by Gasteiger charge is -2.07. The molecule has 5 nitrogen and oxygen atoms in total. The Morgan fingerprint density at radius 2 is 1.94 bits per heavy atom. The highest BCUT2D eigenvalue weighted by atomic mass is 35.5. The maximum absolute atomic E-state index is 12.1. The molecule has 1 heterocycles. The SMILES string of the molecule is Cc1cc(Cl)cc(C(=O)c2cnc(N)nc2)c1O. The van der Waals surface area contributed by atoms with Gasteiger partial charge in [-0.3, -0.25) is 4.79 Å². The molecule has 92 valence electrons. The van der Waals surface area contributed by atoms with Gasteiger partial charge in [0.2, 0.25) is 5.95 Å². The van der Waals surface area contributed by atoms with Gasteiger partial charge in [-0.2, -0.15) is 0 Å². The molecule has 0 aliphatic rings. The van der Waals surface area contributed by atoms with Gasteiger partial charge in [-0.1, -0.05) is 11.6 Å². The molecule has 0 unspecified atom stereocenters. The number of phenolic OH excluding ortho intramolecular Hbond substituents is 1. The van der Waals surface area contributed by atoms with Gasteiger partial charge in [0.15, 0.2) is 5.78 Å². The number of aryl methyl sites for hydroxylation is 1. The molecule has 1 aromatic heterocycles. The van der Waals surface area contributed by atoms with E-state index in [0.29, 0.717) is 10.6 Å². The van der Waals surface area contributed by atoms with E-state index in [9.17, 15) is 9.90 Å². The van der Waals surface area contributed by atoms with Crippen LogP contribution in [0.25, 0.3) is 0 Å². The van der Waals surface area contributed by atoms with Crippen LogP contribution in [0.4, 0.5) is 5.95 Å². The van der Waals surface area contributed by atoms with Crippen LogP contribution in [0.1, 0.15) is 21.5 Å². The summed E-state index contributed by atoms with van der Waals surface area (Å²) in [6, 6.07) is 2.98. The number of carbonyl (C=O) groups excluding carboxylic acids is 1. The molecule has 0 spiro atoms. The summed E-state index contributed by atoms with van der Waals surface area (Å²) >= 11 is 5.86. The molecule has 0 saturated carbocycles. The van der Waals surface area contributed by atoms with Crippen LogP contribution in [0.2, 0.25) is 5.02 Å². The van der Waals surface area contributed by atoms with Gasteiger partial charge >= 0.3 is 0 Å². The van der Waals surface area contributed by atoms with Crippen LogP contribution < -0.4 is 5.73 Å². The van der Waals surface area contributed by atoms with Gasteiger partial charge in [-0.05, 0) is 24.6 Å². The molecule has 0 amide bonds. The summed E-state index contributed by atoms with van der Waals surface area (Å²) in [5, 5.41) is 10.2. The fourth-order valence-corrected chi connectivity index (χ4v) is 1.79. The molecule has 0 bridgehead atoms. The average molecular weight is 264 g/mol. The van der Waals surface area contributed by atoms with E-state index in [2.05, 4.69) is 9.97 Å². The van der Waals surface area contributed by atoms with Crippen molar-refractivity contribution in [2.45, 2.75) is 6.92 Å². The predicted octanol–water partition coefficient (Wildman–Crippen LogP) is 1.96. The second-order valence-corrected chi connectivity index (χ2v) is 4.21. The number of hydrogen-bond donors (Lipinski definition) is 2. The first-order valence-corrected chi connectivity index (χ1v) is 5.48. The lowest BCUT2D eigenvalue weighted by atomic mass is 10.0. The highest BCUT2D eigenvalue weighted by Crippen LogP contribution is 2.28. The van der Waals surface area contributed by atoms with Crippen molar-refractivity contribution in [1.82, 2.24) is 9.97 Å². The molecule has 6 heteroatoms. The van der Waals surface area contributed by atoms with E-state index in [4.69, 9.17) is 17.3 Å². The Hall–Kier alpha value is -2.14. The number of halogens is 1. The molecule has 2 rings (SSSR count). The van der Waals surface area contributed by atoms with Crippen molar-refractivity contribution >= 4 is 23.3 Å². The third-order valence-electron chi connectivity index (χ3n) is 2.44. The Morgan fingerprint density at radius 3 is 2.56 bits per heavy atom. The number of benzene rings is 1. The molecule has 0 saturated heterocycles. The Kier molecular flexibility index (Phi) is 3.16. The van der Waals surface area contributed by atoms with Crippen molar-refractivity contribution in [3.05, 3.63) is 46.2 Å². The first kappa shape index (κ1) is 12.3. The molecule has 0 radical (unpaired) electrons. The smallest absolute Gasteiger partial charge is 0.219 e. The normalized spacial score (nSPS) is 10.3. The predicted molar refractivity (Wildman–Crippen MR) is 67.7 cm³/mol. The fraction of sp³-hybridized carbons (Fsp3) is 0.0833. The van der Waals surface area contributed by atoms with Gasteiger partial charge in [0, 0.05) is 17.4 Å². The lowest BCUT2D eigenvalue weighted by molar-refractivity contribution is 0.103. The summed E-state index contributed by atoms with van der Waals surface area (Å²) in [7, 11) is 0. The molecular formula is C12H10ClN3O2. The number of aromatic nitrogens is 2. The highest BCUT2D eigenvalue weighted by molar-refractivity contribution is 6.31. The van der Waals surface area contributed by atoms with E-state index in [1.165, 1.54) is 18.5 Å². The van der Waals surface area contributed by atoms with E-state index >= 15 is 0 Å². The second-order valence-electron chi connectivity index (χ2n) is 3.78. The first-order valence-electron chi connectivity index (χ1n) is 5.10. The molecule has 0 aliphatic heterocycles. The number of nitrogens with two attached hydrogens (primary N) is 1. The van der Waals surface area contributed by atoms with Crippen LogP contribution in [0, 0.1) is 6.92 Å². The zero-order chi connectivity index (χ0) is 13.3. The van der Waals surface area contributed by atoms with E-state index in [1.807, 2.05) is 0 Å². The van der Waals surface area contributed by atoms with E-state index in [1.54, 1.807) is 13.0 Å². The summed E-state index contributed by atoms with van der Waals surface area (Å²) in [6.07, 6.45) is 2.61. The summed E-state index contributed by atoms with van der Waals surface area (Å²) in [5.74, 6) is -0.419. The van der Waals surface area contributed by atoms with E-state index in [-0.39, 0.29) is 22.8 Å². The van der Waals surface area contributed by atoms with Crippen LogP contribution >= 0.6 is 11.6 Å². The quantitative estimate of drug-likeness (QED) is 0.809. The van der Waals surface area contributed by atoms with Gasteiger partial charge in [0.25, 0.3) is 0 Å². The molecule has 0 fully saturated rings. The summed E-state index contributed by atoms with van der Waals surface area (Å²) in [6.45, 7) is 1.66. The number of rotatable bonds is 2. The van der Waals surface area contributed by atoms with Crippen LogP contribution in [0.3, 0.4) is 0 Å². The summed E-state index contributed by atoms with van der Waals surface area (Å²) < 4.78 is 0. The molecule has 0 atom stereocenters. The first-order chi connectivity index (χ1) is 8.49. The number of anilines is 1. The van der Waals surface area contributed by atoms with E-state index in [0.717, 1.165) is 0 Å². The number of nitrogen functional groups attached to an aromatic ring is 1. The van der Waals surface area contributed by atoms with Crippen molar-refractivity contribution in [1.29, 1.82) is 0 Å². The molecule has 2 aromatic rings. The number of aromatic hydroxyl groups is 1. The number of nitrogens with zero attached hydrogens (tertiary/aromatic N) is 2. The van der Waals surface area contributed by atoms with Crippen molar-refractivity contribution in [3.8, 4) is 5.75 Å². The Bertz CT molecular complexity index is 611. The third kappa shape index (κ3) is 2.26. The van der Waals surface area contributed by atoms with Gasteiger partial charge < -0.3 is 10.8 Å².